The second kappa shape index (κ2) is 6.31. The van der Waals surface area contributed by atoms with Crippen LogP contribution in [0, 0.1) is 11.3 Å². The van der Waals surface area contributed by atoms with E-state index in [0.717, 1.165) is 10.0 Å². The molecule has 0 bridgehead atoms. The summed E-state index contributed by atoms with van der Waals surface area (Å²) in [6.07, 6.45) is 0. The van der Waals surface area contributed by atoms with Crippen molar-refractivity contribution in [3.8, 4) is 17.6 Å². The molecule has 0 atom stereocenters. The molecule has 0 radical (unpaired) electrons. The SMILES string of the molecule is COc1cc(COc2c(N)cccc2Br)ccc1C#N. The zero-order valence-corrected chi connectivity index (χ0v) is 12.5. The molecule has 4 nitrogen and oxygen atoms in total. The van der Waals surface area contributed by atoms with Crippen molar-refractivity contribution < 1.29 is 9.47 Å². The number of nitrogen functional groups attached to an aromatic ring is 1. The van der Waals surface area contributed by atoms with Gasteiger partial charge in [-0.05, 0) is 45.8 Å². The van der Waals surface area contributed by atoms with E-state index in [9.17, 15) is 0 Å². The normalized spacial score (nSPS) is 9.85. The van der Waals surface area contributed by atoms with E-state index < -0.39 is 0 Å². The van der Waals surface area contributed by atoms with Crippen LogP contribution in [0.4, 0.5) is 5.69 Å². The standard InChI is InChI=1S/C15H13BrN2O2/c1-19-14-7-10(5-6-11(14)8-17)9-20-15-12(16)3-2-4-13(15)18/h2-7H,9,18H2,1H3. The first-order valence-corrected chi connectivity index (χ1v) is 6.69. The van der Waals surface area contributed by atoms with Gasteiger partial charge in [0.25, 0.3) is 0 Å². The maximum absolute atomic E-state index is 8.94. The van der Waals surface area contributed by atoms with Crippen LogP contribution in [-0.4, -0.2) is 7.11 Å². The number of halogens is 1. The van der Waals surface area contributed by atoms with Crippen LogP contribution in [0.5, 0.6) is 11.5 Å². The van der Waals surface area contributed by atoms with Gasteiger partial charge in [-0.2, -0.15) is 5.26 Å². The molecular formula is C15H13BrN2O2. The molecule has 0 saturated heterocycles. The molecule has 2 rings (SSSR count). The summed E-state index contributed by atoms with van der Waals surface area (Å²) < 4.78 is 11.7. The van der Waals surface area contributed by atoms with E-state index in [4.69, 9.17) is 20.5 Å². The van der Waals surface area contributed by atoms with Gasteiger partial charge in [-0.15, -0.1) is 0 Å². The van der Waals surface area contributed by atoms with Gasteiger partial charge in [0.1, 0.15) is 18.4 Å². The number of rotatable bonds is 4. The van der Waals surface area contributed by atoms with Gasteiger partial charge in [-0.3, -0.25) is 0 Å². The number of methoxy groups -OCH3 is 1. The number of benzene rings is 2. The lowest BCUT2D eigenvalue weighted by atomic mass is 10.1. The highest BCUT2D eigenvalue weighted by atomic mass is 79.9. The summed E-state index contributed by atoms with van der Waals surface area (Å²) in [5.41, 5.74) is 7.83. The number of nitrogens with zero attached hydrogens (tertiary/aromatic N) is 1. The molecule has 0 aliphatic rings. The number of nitrogens with two attached hydrogens (primary N) is 1. The van der Waals surface area contributed by atoms with Gasteiger partial charge in [0.15, 0.2) is 5.75 Å². The highest BCUT2D eigenvalue weighted by molar-refractivity contribution is 9.10. The average molecular weight is 333 g/mol. The lowest BCUT2D eigenvalue weighted by Crippen LogP contribution is -2.00. The lowest BCUT2D eigenvalue weighted by Gasteiger charge is -2.11. The van der Waals surface area contributed by atoms with E-state index in [2.05, 4.69) is 22.0 Å². The Morgan fingerprint density at radius 1 is 1.30 bits per heavy atom. The molecule has 0 saturated carbocycles. The molecule has 0 aliphatic carbocycles. The Balaban J connectivity index is 2.18. The molecular weight excluding hydrogens is 320 g/mol. The van der Waals surface area contributed by atoms with Gasteiger partial charge in [-0.25, -0.2) is 0 Å². The average Bonchev–Trinajstić information content (AvgIpc) is 2.46. The monoisotopic (exact) mass is 332 g/mol. The van der Waals surface area contributed by atoms with Crippen molar-refractivity contribution in [1.82, 2.24) is 0 Å². The summed E-state index contributed by atoms with van der Waals surface area (Å²) in [6, 6.07) is 12.9. The van der Waals surface area contributed by atoms with Crippen molar-refractivity contribution in [3.05, 3.63) is 52.0 Å². The molecule has 0 amide bonds. The molecule has 0 fully saturated rings. The Hall–Kier alpha value is -2.19. The summed E-state index contributed by atoms with van der Waals surface area (Å²) in [7, 11) is 1.53. The Morgan fingerprint density at radius 2 is 2.10 bits per heavy atom. The van der Waals surface area contributed by atoms with Crippen LogP contribution in [0.25, 0.3) is 0 Å². The maximum atomic E-state index is 8.94. The second-order valence-corrected chi connectivity index (χ2v) is 4.95. The molecule has 0 unspecified atom stereocenters. The lowest BCUT2D eigenvalue weighted by molar-refractivity contribution is 0.305. The predicted molar refractivity (Wildman–Crippen MR) is 80.6 cm³/mol. The number of anilines is 1. The number of hydrogen-bond donors (Lipinski definition) is 1. The van der Waals surface area contributed by atoms with Crippen LogP contribution in [0.1, 0.15) is 11.1 Å². The Bertz CT molecular complexity index is 645. The first-order chi connectivity index (χ1) is 9.65. The van der Waals surface area contributed by atoms with E-state index in [1.807, 2.05) is 18.2 Å². The first kappa shape index (κ1) is 14.2. The summed E-state index contributed by atoms with van der Waals surface area (Å²) in [5.74, 6) is 1.14. The van der Waals surface area contributed by atoms with Crippen LogP contribution in [-0.2, 0) is 6.61 Å². The predicted octanol–water partition coefficient (Wildman–Crippen LogP) is 3.49. The van der Waals surface area contributed by atoms with Gasteiger partial charge < -0.3 is 15.2 Å². The molecule has 5 heteroatoms. The molecule has 0 aliphatic heterocycles. The molecule has 0 heterocycles. The van der Waals surface area contributed by atoms with Crippen LogP contribution >= 0.6 is 15.9 Å². The van der Waals surface area contributed by atoms with Crippen molar-refractivity contribution in [1.29, 1.82) is 5.26 Å². The Kier molecular flexibility index (Phi) is 4.49. The van der Waals surface area contributed by atoms with Gasteiger partial charge in [-0.1, -0.05) is 12.1 Å². The topological polar surface area (TPSA) is 68.3 Å². The highest BCUT2D eigenvalue weighted by Gasteiger charge is 2.08. The van der Waals surface area contributed by atoms with E-state index in [1.165, 1.54) is 7.11 Å². The third-order valence-electron chi connectivity index (χ3n) is 2.77. The Labute approximate surface area is 125 Å². The third kappa shape index (κ3) is 3.03. The highest BCUT2D eigenvalue weighted by Crippen LogP contribution is 2.31. The van der Waals surface area contributed by atoms with Crippen molar-refractivity contribution in [2.75, 3.05) is 12.8 Å². The van der Waals surface area contributed by atoms with Gasteiger partial charge >= 0.3 is 0 Å². The summed E-state index contributed by atoms with van der Waals surface area (Å²) in [6.45, 7) is 0.342. The maximum Gasteiger partial charge on any atom is 0.156 e. The quantitative estimate of drug-likeness (QED) is 0.870. The molecule has 2 aromatic carbocycles. The minimum atomic E-state index is 0.342. The fourth-order valence-electron chi connectivity index (χ4n) is 1.75. The van der Waals surface area contributed by atoms with Crippen LogP contribution in [0.2, 0.25) is 0 Å². The number of hydrogen-bond acceptors (Lipinski definition) is 4. The van der Waals surface area contributed by atoms with Gasteiger partial charge in [0.05, 0.1) is 22.8 Å². The van der Waals surface area contributed by atoms with E-state index in [0.29, 0.717) is 29.4 Å². The van der Waals surface area contributed by atoms with Crippen molar-refractivity contribution in [3.63, 3.8) is 0 Å². The molecule has 2 aromatic rings. The summed E-state index contributed by atoms with van der Waals surface area (Å²) in [5, 5.41) is 8.94. The van der Waals surface area contributed by atoms with Crippen LogP contribution in [0.15, 0.2) is 40.9 Å². The summed E-state index contributed by atoms with van der Waals surface area (Å²) in [4.78, 5) is 0. The number of ether oxygens (including phenoxy) is 2. The van der Waals surface area contributed by atoms with E-state index in [1.54, 1.807) is 18.2 Å². The molecule has 102 valence electrons. The zero-order chi connectivity index (χ0) is 14.5. The van der Waals surface area contributed by atoms with Crippen molar-refractivity contribution in [2.45, 2.75) is 6.61 Å². The third-order valence-corrected chi connectivity index (χ3v) is 3.39. The fraction of sp³-hybridized carbons (Fsp3) is 0.133. The van der Waals surface area contributed by atoms with E-state index >= 15 is 0 Å². The number of para-hydroxylation sites is 1. The molecule has 0 aromatic heterocycles. The fourth-order valence-corrected chi connectivity index (χ4v) is 2.25. The minimum Gasteiger partial charge on any atom is -0.495 e. The largest absolute Gasteiger partial charge is 0.495 e. The van der Waals surface area contributed by atoms with E-state index in [-0.39, 0.29) is 0 Å². The van der Waals surface area contributed by atoms with Crippen molar-refractivity contribution in [2.24, 2.45) is 0 Å². The van der Waals surface area contributed by atoms with Crippen LogP contribution in [0.3, 0.4) is 0 Å². The molecule has 20 heavy (non-hydrogen) atoms. The number of nitriles is 1. The van der Waals surface area contributed by atoms with Crippen LogP contribution < -0.4 is 15.2 Å². The van der Waals surface area contributed by atoms with Gasteiger partial charge in [0.2, 0.25) is 0 Å². The molecule has 0 spiro atoms. The summed E-state index contributed by atoms with van der Waals surface area (Å²) >= 11 is 3.40. The zero-order valence-electron chi connectivity index (χ0n) is 10.9. The van der Waals surface area contributed by atoms with Crippen molar-refractivity contribution >= 4 is 21.6 Å². The van der Waals surface area contributed by atoms with Gasteiger partial charge in [0, 0.05) is 0 Å². The smallest absolute Gasteiger partial charge is 0.156 e. The Morgan fingerprint density at radius 3 is 2.75 bits per heavy atom. The first-order valence-electron chi connectivity index (χ1n) is 5.89. The molecule has 2 N–H and O–H groups in total. The minimum absolute atomic E-state index is 0.342. The second-order valence-electron chi connectivity index (χ2n) is 4.09.